The first-order valence-electron chi connectivity index (χ1n) is 6.44. The third kappa shape index (κ3) is 4.91. The molecule has 24 heavy (non-hydrogen) atoms. The van der Waals surface area contributed by atoms with Gasteiger partial charge in [-0.05, 0) is 52.4 Å². The van der Waals surface area contributed by atoms with Crippen LogP contribution in [0.25, 0.3) is 5.57 Å². The Labute approximate surface area is 148 Å². The highest BCUT2D eigenvalue weighted by Gasteiger charge is 2.31. The molecule has 1 heterocycles. The van der Waals surface area contributed by atoms with Gasteiger partial charge in [0.15, 0.2) is 11.6 Å². The van der Waals surface area contributed by atoms with Gasteiger partial charge in [0.2, 0.25) is 0 Å². The Morgan fingerprint density at radius 2 is 1.88 bits per heavy atom. The molecule has 0 unspecified atom stereocenters. The zero-order chi connectivity index (χ0) is 17.7. The molecule has 2 aromatic rings. The van der Waals surface area contributed by atoms with E-state index in [1.165, 1.54) is 30.5 Å². The molecule has 9 heteroatoms. The Balaban J connectivity index is 2.26. The lowest BCUT2D eigenvalue weighted by atomic mass is 10.1. The van der Waals surface area contributed by atoms with Gasteiger partial charge in [-0.2, -0.15) is 0 Å². The molecule has 1 aromatic heterocycles. The maximum Gasteiger partial charge on any atom is 0.573 e. The Kier molecular flexibility index (Phi) is 5.75. The van der Waals surface area contributed by atoms with Crippen LogP contribution in [-0.4, -0.2) is 17.6 Å². The highest BCUT2D eigenvalue weighted by atomic mass is 127. The number of halogens is 5. The van der Waals surface area contributed by atoms with Crippen molar-refractivity contribution in [1.82, 2.24) is 4.98 Å². The van der Waals surface area contributed by atoms with Gasteiger partial charge < -0.3 is 15.5 Å². The summed E-state index contributed by atoms with van der Waals surface area (Å²) in [6, 6.07) is 7.68. The fraction of sp³-hybridized carbons (Fsp3) is 0.0667. The van der Waals surface area contributed by atoms with Crippen molar-refractivity contribution in [2.45, 2.75) is 6.36 Å². The summed E-state index contributed by atoms with van der Waals surface area (Å²) in [5.74, 6) is -0.947. The summed E-state index contributed by atoms with van der Waals surface area (Å²) in [6.45, 7) is 0. The normalized spacial score (nSPS) is 12.4. The summed E-state index contributed by atoms with van der Waals surface area (Å²) in [7, 11) is 0. The number of ether oxygens (including phenoxy) is 1. The summed E-state index contributed by atoms with van der Waals surface area (Å²) < 4.78 is 54.2. The predicted molar refractivity (Wildman–Crippen MR) is 90.7 cm³/mol. The summed E-state index contributed by atoms with van der Waals surface area (Å²) in [5.41, 5.74) is 0.826. The molecule has 4 nitrogen and oxygen atoms in total. The van der Waals surface area contributed by atoms with Crippen LogP contribution < -0.4 is 10.1 Å². The van der Waals surface area contributed by atoms with Gasteiger partial charge >= 0.3 is 6.36 Å². The summed E-state index contributed by atoms with van der Waals surface area (Å²) in [6.07, 6.45) is -2.36. The van der Waals surface area contributed by atoms with E-state index in [1.807, 2.05) is 22.6 Å². The minimum atomic E-state index is -4.77. The highest BCUT2D eigenvalue weighted by Crippen LogP contribution is 2.27. The fourth-order valence-electron chi connectivity index (χ4n) is 1.76. The van der Waals surface area contributed by atoms with Crippen molar-refractivity contribution in [2.75, 3.05) is 5.32 Å². The maximum absolute atomic E-state index is 13.6. The summed E-state index contributed by atoms with van der Waals surface area (Å²) in [4.78, 5) is 3.84. The number of alkyl halides is 3. The van der Waals surface area contributed by atoms with Crippen LogP contribution in [0.3, 0.4) is 0 Å². The Morgan fingerprint density at radius 1 is 1.21 bits per heavy atom. The quantitative estimate of drug-likeness (QED) is 0.292. The highest BCUT2D eigenvalue weighted by molar-refractivity contribution is 14.1. The zero-order valence-corrected chi connectivity index (χ0v) is 14.0. The largest absolute Gasteiger partial charge is 0.573 e. The molecule has 2 N–H and O–H groups in total. The lowest BCUT2D eigenvalue weighted by Crippen LogP contribution is -2.17. The predicted octanol–water partition coefficient (Wildman–Crippen LogP) is 4.98. The van der Waals surface area contributed by atoms with Crippen LogP contribution >= 0.6 is 22.6 Å². The second-order valence-corrected chi connectivity index (χ2v) is 5.48. The Morgan fingerprint density at radius 3 is 2.42 bits per heavy atom. The van der Waals surface area contributed by atoms with Gasteiger partial charge in [-0.1, -0.05) is 12.1 Å². The molecule has 0 amide bonds. The van der Waals surface area contributed by atoms with Gasteiger partial charge in [-0.25, -0.2) is 9.37 Å². The summed E-state index contributed by atoms with van der Waals surface area (Å²) >= 11 is 1.86. The first-order valence-corrected chi connectivity index (χ1v) is 7.52. The Bertz CT molecular complexity index is 760. The SMILES string of the molecule is N=C/C(=C(/I)Nc1ncccc1F)c1ccc(OC(F)(F)F)cc1. The van der Waals surface area contributed by atoms with E-state index in [9.17, 15) is 17.6 Å². The van der Waals surface area contributed by atoms with Crippen LogP contribution in [0.5, 0.6) is 5.75 Å². The van der Waals surface area contributed by atoms with Crippen molar-refractivity contribution in [2.24, 2.45) is 0 Å². The van der Waals surface area contributed by atoms with Crippen molar-refractivity contribution in [1.29, 1.82) is 5.41 Å². The average Bonchev–Trinajstić information content (AvgIpc) is 2.50. The molecule has 0 spiro atoms. The van der Waals surface area contributed by atoms with Crippen LogP contribution in [0.15, 0.2) is 46.3 Å². The number of pyridine rings is 1. The molecule has 0 aliphatic heterocycles. The van der Waals surface area contributed by atoms with Crippen LogP contribution in [0.4, 0.5) is 23.4 Å². The minimum absolute atomic E-state index is 0.0155. The monoisotopic (exact) mass is 451 g/mol. The Hall–Kier alpha value is -2.17. The number of allylic oxidation sites excluding steroid dienone is 1. The van der Waals surface area contributed by atoms with E-state index < -0.39 is 12.2 Å². The van der Waals surface area contributed by atoms with Gasteiger partial charge in [0.1, 0.15) is 5.75 Å². The smallest absolute Gasteiger partial charge is 0.406 e. The van der Waals surface area contributed by atoms with Gasteiger partial charge in [0.25, 0.3) is 0 Å². The van der Waals surface area contributed by atoms with Crippen LogP contribution in [0.1, 0.15) is 5.56 Å². The second-order valence-electron chi connectivity index (χ2n) is 4.40. The number of nitrogens with one attached hydrogen (secondary N) is 2. The number of hydrogen-bond acceptors (Lipinski definition) is 4. The molecule has 0 fully saturated rings. The van der Waals surface area contributed by atoms with Gasteiger partial charge in [0, 0.05) is 18.0 Å². The number of anilines is 1. The number of hydrogen-bond donors (Lipinski definition) is 2. The van der Waals surface area contributed by atoms with Gasteiger partial charge in [-0.15, -0.1) is 13.2 Å². The third-order valence-electron chi connectivity index (χ3n) is 2.77. The van der Waals surface area contributed by atoms with E-state index in [1.54, 1.807) is 0 Å². The molecule has 0 atom stereocenters. The van der Waals surface area contributed by atoms with E-state index in [2.05, 4.69) is 15.0 Å². The number of benzene rings is 1. The minimum Gasteiger partial charge on any atom is -0.406 e. The first-order chi connectivity index (χ1) is 11.3. The number of nitrogens with zero attached hydrogens (tertiary/aromatic N) is 1. The average molecular weight is 451 g/mol. The van der Waals surface area contributed by atoms with Crippen molar-refractivity contribution >= 4 is 40.2 Å². The number of rotatable bonds is 5. The molecular weight excluding hydrogens is 441 g/mol. The molecule has 0 saturated heterocycles. The molecule has 0 aliphatic carbocycles. The van der Waals surface area contributed by atoms with Crippen molar-refractivity contribution < 1.29 is 22.3 Å². The van der Waals surface area contributed by atoms with E-state index in [0.717, 1.165) is 18.3 Å². The maximum atomic E-state index is 13.6. The molecule has 0 aliphatic rings. The molecular formula is C15H10F4IN3O. The lowest BCUT2D eigenvalue weighted by Gasteiger charge is -2.11. The van der Waals surface area contributed by atoms with Crippen molar-refractivity contribution in [3.05, 3.63) is 57.7 Å². The molecule has 0 saturated carbocycles. The van der Waals surface area contributed by atoms with Crippen molar-refractivity contribution in [3.8, 4) is 5.75 Å². The third-order valence-corrected chi connectivity index (χ3v) is 3.62. The molecule has 1 aromatic carbocycles. The molecule has 0 radical (unpaired) electrons. The molecule has 0 bridgehead atoms. The van der Waals surface area contributed by atoms with E-state index in [0.29, 0.717) is 14.8 Å². The van der Waals surface area contributed by atoms with Crippen LogP contribution in [-0.2, 0) is 0 Å². The molecule has 2 rings (SSSR count). The van der Waals surface area contributed by atoms with Gasteiger partial charge in [-0.3, -0.25) is 0 Å². The van der Waals surface area contributed by atoms with Crippen molar-refractivity contribution in [3.63, 3.8) is 0 Å². The number of aromatic nitrogens is 1. The van der Waals surface area contributed by atoms with Crippen LogP contribution in [0.2, 0.25) is 0 Å². The lowest BCUT2D eigenvalue weighted by molar-refractivity contribution is -0.274. The fourth-order valence-corrected chi connectivity index (χ4v) is 2.48. The van der Waals surface area contributed by atoms with E-state index >= 15 is 0 Å². The van der Waals surface area contributed by atoms with E-state index in [-0.39, 0.29) is 11.6 Å². The zero-order valence-electron chi connectivity index (χ0n) is 11.9. The molecule has 126 valence electrons. The first kappa shape index (κ1) is 18.2. The van der Waals surface area contributed by atoms with Crippen LogP contribution in [0, 0.1) is 11.2 Å². The van der Waals surface area contributed by atoms with E-state index in [4.69, 9.17) is 5.41 Å². The second kappa shape index (κ2) is 7.60. The van der Waals surface area contributed by atoms with Gasteiger partial charge in [0.05, 0.1) is 3.70 Å². The standard InChI is InChI=1S/C15H10F4IN3O/c16-12-2-1-7-22-14(12)23-13(20)11(8-21)9-3-5-10(6-4-9)24-15(17,18)19/h1-8,21H,(H,22,23)/b13-11+,21-8?. The topological polar surface area (TPSA) is 58.0 Å². The summed E-state index contributed by atoms with van der Waals surface area (Å²) in [5, 5.41) is 10.2.